The van der Waals surface area contributed by atoms with Crippen LogP contribution in [0.3, 0.4) is 0 Å². The van der Waals surface area contributed by atoms with Crippen molar-refractivity contribution in [2.75, 3.05) is 10.2 Å². The van der Waals surface area contributed by atoms with Crippen LogP contribution in [-0.4, -0.2) is 23.1 Å². The zero-order chi connectivity index (χ0) is 12.6. The Morgan fingerprint density at radius 1 is 1.47 bits per heavy atom. The molecule has 1 aromatic rings. The minimum atomic E-state index is -0.184. The molecule has 2 rings (SSSR count). The highest BCUT2D eigenvalue weighted by Crippen LogP contribution is 2.36. The van der Waals surface area contributed by atoms with Crippen LogP contribution < -0.4 is 10.2 Å². The first-order chi connectivity index (χ1) is 8.06. The Morgan fingerprint density at radius 3 is 2.76 bits per heavy atom. The third-order valence-electron chi connectivity index (χ3n) is 3.18. The van der Waals surface area contributed by atoms with Gasteiger partial charge in [0.15, 0.2) is 0 Å². The van der Waals surface area contributed by atoms with E-state index in [1.807, 2.05) is 25.1 Å². The summed E-state index contributed by atoms with van der Waals surface area (Å²) >= 11 is 0. The van der Waals surface area contributed by atoms with Gasteiger partial charge >= 0.3 is 0 Å². The van der Waals surface area contributed by atoms with E-state index >= 15 is 0 Å². The molecular weight excluding hydrogens is 216 g/mol. The lowest BCUT2D eigenvalue weighted by atomic mass is 10.0. The number of amides is 1. The van der Waals surface area contributed by atoms with E-state index in [1.54, 1.807) is 0 Å². The number of carbonyl (C=O) groups is 1. The summed E-state index contributed by atoms with van der Waals surface area (Å²) in [5.74, 6) is -0.0212. The fraction of sp³-hybridized carbons (Fsp3) is 0.462. The minimum absolute atomic E-state index is 0.0212. The van der Waals surface area contributed by atoms with Crippen LogP contribution in [0.4, 0.5) is 11.4 Å². The molecule has 1 heterocycles. The standard InChI is InChI=1S/C13H18N2O2/c1-8(2)15-9(3)13(17)14-12-10(7-16)5-4-6-11(12)15/h4-6,8-9,16H,7H2,1-3H3,(H,14,17). The molecule has 0 radical (unpaired) electrons. The minimum Gasteiger partial charge on any atom is -0.392 e. The lowest BCUT2D eigenvalue weighted by Gasteiger charge is -2.39. The number of carbonyl (C=O) groups excluding carboxylic acids is 1. The van der Waals surface area contributed by atoms with Crippen molar-refractivity contribution in [2.24, 2.45) is 0 Å². The molecule has 1 aromatic carbocycles. The average Bonchev–Trinajstić information content (AvgIpc) is 2.29. The van der Waals surface area contributed by atoms with E-state index in [0.29, 0.717) is 0 Å². The largest absolute Gasteiger partial charge is 0.392 e. The molecule has 1 atom stereocenters. The predicted molar refractivity (Wildman–Crippen MR) is 68.1 cm³/mol. The molecule has 0 saturated heterocycles. The zero-order valence-corrected chi connectivity index (χ0v) is 10.4. The van der Waals surface area contributed by atoms with Gasteiger partial charge in [0.05, 0.1) is 18.0 Å². The topological polar surface area (TPSA) is 52.6 Å². The molecule has 92 valence electrons. The first kappa shape index (κ1) is 11.9. The Bertz CT molecular complexity index is 443. The molecule has 0 aliphatic carbocycles. The number of benzene rings is 1. The van der Waals surface area contributed by atoms with Crippen LogP contribution in [0.2, 0.25) is 0 Å². The molecular formula is C13H18N2O2. The summed E-state index contributed by atoms with van der Waals surface area (Å²) in [6.07, 6.45) is 0. The summed E-state index contributed by atoms with van der Waals surface area (Å²) in [6.45, 7) is 5.95. The second kappa shape index (κ2) is 4.37. The number of nitrogens with one attached hydrogen (secondary N) is 1. The third-order valence-corrected chi connectivity index (χ3v) is 3.18. The Kier molecular flexibility index (Phi) is 3.07. The maximum atomic E-state index is 11.9. The molecule has 4 heteroatoms. The number of fused-ring (bicyclic) bond motifs is 1. The molecule has 0 fully saturated rings. The van der Waals surface area contributed by atoms with E-state index in [-0.39, 0.29) is 24.6 Å². The first-order valence-corrected chi connectivity index (χ1v) is 5.88. The molecule has 1 aliphatic heterocycles. The van der Waals surface area contributed by atoms with Crippen LogP contribution in [0.1, 0.15) is 26.3 Å². The van der Waals surface area contributed by atoms with Crippen LogP contribution in [0.5, 0.6) is 0 Å². The number of para-hydroxylation sites is 1. The molecule has 0 spiro atoms. The SMILES string of the molecule is CC(C)N1c2cccc(CO)c2NC(=O)C1C. The Balaban J connectivity index is 2.56. The van der Waals surface area contributed by atoms with Crippen LogP contribution in [0.25, 0.3) is 0 Å². The van der Waals surface area contributed by atoms with Gasteiger partial charge in [-0.05, 0) is 26.8 Å². The number of aliphatic hydroxyl groups is 1. The molecule has 0 saturated carbocycles. The lowest BCUT2D eigenvalue weighted by Crippen LogP contribution is -2.49. The number of aliphatic hydroxyl groups excluding tert-OH is 1. The van der Waals surface area contributed by atoms with Gasteiger partial charge in [0.25, 0.3) is 0 Å². The maximum Gasteiger partial charge on any atom is 0.246 e. The average molecular weight is 234 g/mol. The molecule has 0 bridgehead atoms. The van der Waals surface area contributed by atoms with Gasteiger partial charge in [0, 0.05) is 11.6 Å². The summed E-state index contributed by atoms with van der Waals surface area (Å²) < 4.78 is 0. The highest BCUT2D eigenvalue weighted by atomic mass is 16.3. The smallest absolute Gasteiger partial charge is 0.246 e. The highest BCUT2D eigenvalue weighted by Gasteiger charge is 2.31. The van der Waals surface area contributed by atoms with Gasteiger partial charge in [0.2, 0.25) is 5.91 Å². The van der Waals surface area contributed by atoms with E-state index in [2.05, 4.69) is 24.1 Å². The van der Waals surface area contributed by atoms with Crippen molar-refractivity contribution < 1.29 is 9.90 Å². The number of hydrogen-bond donors (Lipinski definition) is 2. The summed E-state index contributed by atoms with van der Waals surface area (Å²) in [6, 6.07) is 5.77. The molecule has 4 nitrogen and oxygen atoms in total. The van der Waals surface area contributed by atoms with Crippen molar-refractivity contribution in [2.45, 2.75) is 39.5 Å². The monoisotopic (exact) mass is 234 g/mol. The molecule has 1 unspecified atom stereocenters. The summed E-state index contributed by atoms with van der Waals surface area (Å²) in [5.41, 5.74) is 2.49. The second-order valence-corrected chi connectivity index (χ2v) is 4.64. The Hall–Kier alpha value is -1.55. The Morgan fingerprint density at radius 2 is 2.18 bits per heavy atom. The van der Waals surface area contributed by atoms with E-state index in [4.69, 9.17) is 0 Å². The van der Waals surface area contributed by atoms with Gasteiger partial charge in [-0.2, -0.15) is 0 Å². The van der Waals surface area contributed by atoms with E-state index in [9.17, 15) is 9.90 Å². The van der Waals surface area contributed by atoms with E-state index in [0.717, 1.165) is 16.9 Å². The van der Waals surface area contributed by atoms with Crippen LogP contribution in [0, 0.1) is 0 Å². The molecule has 0 aromatic heterocycles. The normalized spacial score (nSPS) is 19.2. The lowest BCUT2D eigenvalue weighted by molar-refractivity contribution is -0.117. The molecule has 17 heavy (non-hydrogen) atoms. The quantitative estimate of drug-likeness (QED) is 0.819. The summed E-state index contributed by atoms with van der Waals surface area (Å²) in [5, 5.41) is 12.2. The van der Waals surface area contributed by atoms with Crippen molar-refractivity contribution in [3.8, 4) is 0 Å². The number of anilines is 2. The fourth-order valence-corrected chi connectivity index (χ4v) is 2.37. The van der Waals surface area contributed by atoms with E-state index < -0.39 is 0 Å². The first-order valence-electron chi connectivity index (χ1n) is 5.88. The zero-order valence-electron chi connectivity index (χ0n) is 10.4. The van der Waals surface area contributed by atoms with Gasteiger partial charge in [0.1, 0.15) is 6.04 Å². The third kappa shape index (κ3) is 1.89. The van der Waals surface area contributed by atoms with Crippen molar-refractivity contribution in [1.82, 2.24) is 0 Å². The highest BCUT2D eigenvalue weighted by molar-refractivity contribution is 6.04. The maximum absolute atomic E-state index is 11.9. The van der Waals surface area contributed by atoms with Crippen molar-refractivity contribution >= 4 is 17.3 Å². The van der Waals surface area contributed by atoms with Gasteiger partial charge < -0.3 is 15.3 Å². The van der Waals surface area contributed by atoms with Gasteiger partial charge in [-0.3, -0.25) is 4.79 Å². The number of rotatable bonds is 2. The van der Waals surface area contributed by atoms with Crippen molar-refractivity contribution in [3.05, 3.63) is 23.8 Å². The van der Waals surface area contributed by atoms with Crippen molar-refractivity contribution in [3.63, 3.8) is 0 Å². The summed E-state index contributed by atoms with van der Waals surface area (Å²) in [7, 11) is 0. The van der Waals surface area contributed by atoms with Crippen LogP contribution in [0.15, 0.2) is 18.2 Å². The molecule has 1 aliphatic rings. The summed E-state index contributed by atoms with van der Waals surface area (Å²) in [4.78, 5) is 14.0. The van der Waals surface area contributed by atoms with Gasteiger partial charge in [-0.1, -0.05) is 12.1 Å². The van der Waals surface area contributed by atoms with Gasteiger partial charge in [-0.15, -0.1) is 0 Å². The van der Waals surface area contributed by atoms with Crippen LogP contribution >= 0.6 is 0 Å². The number of nitrogens with zero attached hydrogens (tertiary/aromatic N) is 1. The fourth-order valence-electron chi connectivity index (χ4n) is 2.37. The van der Waals surface area contributed by atoms with E-state index in [1.165, 1.54) is 0 Å². The molecule has 1 amide bonds. The van der Waals surface area contributed by atoms with Crippen LogP contribution in [-0.2, 0) is 11.4 Å². The second-order valence-electron chi connectivity index (χ2n) is 4.64. The van der Waals surface area contributed by atoms with Crippen molar-refractivity contribution in [1.29, 1.82) is 0 Å². The molecule has 2 N–H and O–H groups in total. The number of hydrogen-bond acceptors (Lipinski definition) is 3. The van der Waals surface area contributed by atoms with Gasteiger partial charge in [-0.25, -0.2) is 0 Å². The predicted octanol–water partition coefficient (Wildman–Crippen LogP) is 1.73. The Labute approximate surface area is 101 Å².